The summed E-state index contributed by atoms with van der Waals surface area (Å²) in [6.45, 7) is 0.575. The standard InChI is InChI=1S/C11H11BrClNO2S/c12-11-2-1-9(13)5-8(11)6-14-10-3-4-17(15,16)7-10/h1-5,10,14H,6-7H2. The fraction of sp³-hybridized carbons (Fsp3) is 0.273. The van der Waals surface area contributed by atoms with Gasteiger partial charge in [0, 0.05) is 27.5 Å². The van der Waals surface area contributed by atoms with Crippen molar-refractivity contribution in [2.45, 2.75) is 12.6 Å². The van der Waals surface area contributed by atoms with E-state index in [0.717, 1.165) is 10.0 Å². The fourth-order valence-electron chi connectivity index (χ4n) is 1.62. The molecule has 1 atom stereocenters. The monoisotopic (exact) mass is 335 g/mol. The van der Waals surface area contributed by atoms with Gasteiger partial charge in [0.1, 0.15) is 0 Å². The zero-order valence-electron chi connectivity index (χ0n) is 8.86. The van der Waals surface area contributed by atoms with E-state index in [0.29, 0.717) is 11.6 Å². The molecule has 0 aliphatic carbocycles. The molecule has 17 heavy (non-hydrogen) atoms. The van der Waals surface area contributed by atoms with Crippen LogP contribution in [-0.4, -0.2) is 20.2 Å². The minimum Gasteiger partial charge on any atom is -0.305 e. The Morgan fingerprint density at radius 2 is 2.24 bits per heavy atom. The first-order valence-electron chi connectivity index (χ1n) is 5.04. The van der Waals surface area contributed by atoms with Gasteiger partial charge in [0.15, 0.2) is 9.84 Å². The van der Waals surface area contributed by atoms with E-state index in [9.17, 15) is 8.42 Å². The van der Waals surface area contributed by atoms with Gasteiger partial charge in [-0.05, 0) is 23.8 Å². The van der Waals surface area contributed by atoms with Gasteiger partial charge in [-0.1, -0.05) is 33.6 Å². The van der Waals surface area contributed by atoms with Crippen LogP contribution in [0.5, 0.6) is 0 Å². The van der Waals surface area contributed by atoms with E-state index in [2.05, 4.69) is 21.2 Å². The van der Waals surface area contributed by atoms with Crippen molar-refractivity contribution >= 4 is 37.4 Å². The zero-order chi connectivity index (χ0) is 12.5. The highest BCUT2D eigenvalue weighted by molar-refractivity contribution is 9.10. The molecule has 6 heteroatoms. The molecule has 1 aromatic rings. The van der Waals surface area contributed by atoms with Crippen LogP contribution in [0.25, 0.3) is 0 Å². The molecule has 1 aromatic carbocycles. The number of benzene rings is 1. The van der Waals surface area contributed by atoms with Crippen LogP contribution in [0.3, 0.4) is 0 Å². The van der Waals surface area contributed by atoms with Crippen LogP contribution >= 0.6 is 27.5 Å². The summed E-state index contributed by atoms with van der Waals surface area (Å²) >= 11 is 9.33. The molecule has 1 aliphatic rings. The van der Waals surface area contributed by atoms with Gasteiger partial charge >= 0.3 is 0 Å². The largest absolute Gasteiger partial charge is 0.305 e. The van der Waals surface area contributed by atoms with E-state index in [-0.39, 0.29) is 11.8 Å². The highest BCUT2D eigenvalue weighted by Crippen LogP contribution is 2.21. The molecule has 1 unspecified atom stereocenters. The predicted octanol–water partition coefficient (Wildman–Crippen LogP) is 2.50. The van der Waals surface area contributed by atoms with Gasteiger partial charge in [-0.15, -0.1) is 0 Å². The van der Waals surface area contributed by atoms with E-state index in [4.69, 9.17) is 11.6 Å². The molecule has 3 nitrogen and oxygen atoms in total. The highest BCUT2D eigenvalue weighted by Gasteiger charge is 2.21. The molecule has 0 aromatic heterocycles. The van der Waals surface area contributed by atoms with Crippen LogP contribution in [0.4, 0.5) is 0 Å². The summed E-state index contributed by atoms with van der Waals surface area (Å²) in [5, 5.41) is 5.09. The van der Waals surface area contributed by atoms with Gasteiger partial charge in [0.25, 0.3) is 0 Å². The summed E-state index contributed by atoms with van der Waals surface area (Å²) in [5.41, 5.74) is 1.01. The Morgan fingerprint density at radius 1 is 1.47 bits per heavy atom. The van der Waals surface area contributed by atoms with Gasteiger partial charge in [-0.2, -0.15) is 0 Å². The SMILES string of the molecule is O=S1(=O)C=CC(NCc2cc(Cl)ccc2Br)C1. The quantitative estimate of drug-likeness (QED) is 0.922. The number of sulfone groups is 1. The first kappa shape index (κ1) is 13.1. The van der Waals surface area contributed by atoms with Crippen molar-refractivity contribution in [1.82, 2.24) is 5.32 Å². The van der Waals surface area contributed by atoms with E-state index in [1.54, 1.807) is 12.1 Å². The van der Waals surface area contributed by atoms with Gasteiger partial charge in [-0.3, -0.25) is 0 Å². The van der Waals surface area contributed by atoms with E-state index < -0.39 is 9.84 Å². The average molecular weight is 337 g/mol. The minimum atomic E-state index is -3.00. The predicted molar refractivity (Wildman–Crippen MR) is 72.7 cm³/mol. The molecular weight excluding hydrogens is 326 g/mol. The van der Waals surface area contributed by atoms with Crippen LogP contribution in [-0.2, 0) is 16.4 Å². The van der Waals surface area contributed by atoms with Gasteiger partial charge in [0.2, 0.25) is 0 Å². The number of halogens is 2. The van der Waals surface area contributed by atoms with Gasteiger partial charge < -0.3 is 5.32 Å². The normalized spacial score (nSPS) is 21.9. The molecule has 0 saturated carbocycles. The second-order valence-corrected chi connectivity index (χ2v) is 7.10. The molecule has 1 heterocycles. The summed E-state index contributed by atoms with van der Waals surface area (Å²) in [6.07, 6.45) is 1.67. The van der Waals surface area contributed by atoms with Crippen LogP contribution < -0.4 is 5.32 Å². The fourth-order valence-corrected chi connectivity index (χ4v) is 3.47. The van der Waals surface area contributed by atoms with Crippen molar-refractivity contribution in [3.05, 3.63) is 44.7 Å². The lowest BCUT2D eigenvalue weighted by Gasteiger charge is -2.11. The lowest BCUT2D eigenvalue weighted by Crippen LogP contribution is -2.29. The second-order valence-electron chi connectivity index (χ2n) is 3.88. The Labute approximate surface area is 114 Å². The van der Waals surface area contributed by atoms with Crippen molar-refractivity contribution in [3.8, 4) is 0 Å². The number of nitrogens with one attached hydrogen (secondary N) is 1. The Bertz CT molecular complexity index is 557. The summed E-state index contributed by atoms with van der Waals surface area (Å²) < 4.78 is 23.4. The number of hydrogen-bond acceptors (Lipinski definition) is 3. The molecule has 0 fully saturated rings. The lowest BCUT2D eigenvalue weighted by molar-refractivity contribution is 0.590. The Kier molecular flexibility index (Phi) is 3.92. The molecule has 1 aliphatic heterocycles. The lowest BCUT2D eigenvalue weighted by atomic mass is 10.2. The minimum absolute atomic E-state index is 0.120. The van der Waals surface area contributed by atoms with Gasteiger partial charge in [0.05, 0.1) is 5.75 Å². The summed E-state index contributed by atoms with van der Waals surface area (Å²) in [4.78, 5) is 0. The van der Waals surface area contributed by atoms with Crippen molar-refractivity contribution < 1.29 is 8.42 Å². The van der Waals surface area contributed by atoms with E-state index >= 15 is 0 Å². The molecule has 0 saturated heterocycles. The topological polar surface area (TPSA) is 46.2 Å². The molecule has 0 amide bonds. The second kappa shape index (κ2) is 5.10. The third-order valence-corrected chi connectivity index (χ3v) is 4.90. The highest BCUT2D eigenvalue weighted by atomic mass is 79.9. The van der Waals surface area contributed by atoms with Crippen LogP contribution in [0, 0.1) is 0 Å². The third-order valence-electron chi connectivity index (χ3n) is 2.49. The summed E-state index contributed by atoms with van der Waals surface area (Å²) in [7, 11) is -3.00. The molecule has 2 rings (SSSR count). The Hall–Kier alpha value is -0.360. The van der Waals surface area contributed by atoms with Crippen molar-refractivity contribution in [1.29, 1.82) is 0 Å². The Morgan fingerprint density at radius 3 is 2.88 bits per heavy atom. The molecular formula is C11H11BrClNO2S. The first-order valence-corrected chi connectivity index (χ1v) is 7.93. The molecule has 1 N–H and O–H groups in total. The number of hydrogen-bond donors (Lipinski definition) is 1. The molecule has 0 bridgehead atoms. The summed E-state index contributed by atoms with van der Waals surface area (Å²) in [5.74, 6) is 0.130. The molecule has 92 valence electrons. The van der Waals surface area contributed by atoms with Crippen LogP contribution in [0.15, 0.2) is 34.2 Å². The average Bonchev–Trinajstić information content (AvgIpc) is 2.60. The smallest absolute Gasteiger partial charge is 0.173 e. The maximum Gasteiger partial charge on any atom is 0.173 e. The van der Waals surface area contributed by atoms with Crippen LogP contribution in [0.2, 0.25) is 5.02 Å². The third kappa shape index (κ3) is 3.55. The zero-order valence-corrected chi connectivity index (χ0v) is 12.0. The van der Waals surface area contributed by atoms with Crippen LogP contribution in [0.1, 0.15) is 5.56 Å². The maximum atomic E-state index is 11.2. The van der Waals surface area contributed by atoms with Crippen molar-refractivity contribution in [2.24, 2.45) is 0 Å². The van der Waals surface area contributed by atoms with E-state index in [1.165, 1.54) is 5.41 Å². The molecule has 0 spiro atoms. The molecule has 0 radical (unpaired) electrons. The first-order chi connectivity index (χ1) is 7.96. The summed E-state index contributed by atoms with van der Waals surface area (Å²) in [6, 6.07) is 5.41. The van der Waals surface area contributed by atoms with Crippen molar-refractivity contribution in [2.75, 3.05) is 5.75 Å². The van der Waals surface area contributed by atoms with Gasteiger partial charge in [-0.25, -0.2) is 8.42 Å². The Balaban J connectivity index is 1.99. The maximum absolute atomic E-state index is 11.2. The van der Waals surface area contributed by atoms with Crippen molar-refractivity contribution in [3.63, 3.8) is 0 Å². The van der Waals surface area contributed by atoms with E-state index in [1.807, 2.05) is 12.1 Å². The number of rotatable bonds is 3.